The third-order valence-electron chi connectivity index (χ3n) is 3.69. The summed E-state index contributed by atoms with van der Waals surface area (Å²) in [4.78, 5) is 2.45. The Morgan fingerprint density at radius 2 is 2.28 bits per heavy atom. The summed E-state index contributed by atoms with van der Waals surface area (Å²) in [6.07, 6.45) is 3.06. The summed E-state index contributed by atoms with van der Waals surface area (Å²) in [7, 11) is 0. The Balaban J connectivity index is 2.03. The van der Waals surface area contributed by atoms with Crippen molar-refractivity contribution in [2.75, 3.05) is 6.54 Å². The number of benzene rings is 1. The lowest BCUT2D eigenvalue weighted by molar-refractivity contribution is 0.131. The van der Waals surface area contributed by atoms with E-state index in [0.29, 0.717) is 6.04 Å². The van der Waals surface area contributed by atoms with Crippen LogP contribution in [-0.2, 0) is 6.54 Å². The van der Waals surface area contributed by atoms with Gasteiger partial charge in [-0.05, 0) is 56.8 Å². The quantitative estimate of drug-likeness (QED) is 0.904. The fourth-order valence-electron chi connectivity index (χ4n) is 2.76. The van der Waals surface area contributed by atoms with E-state index in [1.807, 2.05) is 13.0 Å². The number of halogens is 1. The van der Waals surface area contributed by atoms with Crippen LogP contribution in [0.25, 0.3) is 0 Å². The molecule has 0 saturated carbocycles. The number of aliphatic hydroxyl groups excluding tert-OH is 1. The molecule has 18 heavy (non-hydrogen) atoms. The summed E-state index contributed by atoms with van der Waals surface area (Å²) in [6, 6.07) is 6.76. The normalized spacial score (nSPS) is 22.3. The van der Waals surface area contributed by atoms with Crippen LogP contribution in [0.3, 0.4) is 0 Å². The highest BCUT2D eigenvalue weighted by atomic mass is 35.5. The van der Waals surface area contributed by atoms with Gasteiger partial charge in [-0.1, -0.05) is 23.7 Å². The molecule has 0 amide bonds. The van der Waals surface area contributed by atoms with Crippen LogP contribution in [0.15, 0.2) is 18.2 Å². The van der Waals surface area contributed by atoms with Crippen LogP contribution >= 0.6 is 11.6 Å². The van der Waals surface area contributed by atoms with Crippen molar-refractivity contribution < 1.29 is 5.11 Å². The minimum Gasteiger partial charge on any atom is -0.393 e. The Hall–Kier alpha value is -0.570. The average molecular weight is 268 g/mol. The lowest BCUT2D eigenvalue weighted by atomic mass is 10.1. The molecule has 1 aliphatic heterocycles. The topological polar surface area (TPSA) is 23.5 Å². The van der Waals surface area contributed by atoms with E-state index in [2.05, 4.69) is 24.0 Å². The summed E-state index contributed by atoms with van der Waals surface area (Å²) in [6.45, 7) is 5.94. The molecule has 0 aliphatic carbocycles. The smallest absolute Gasteiger partial charge is 0.0527 e. The number of hydrogen-bond donors (Lipinski definition) is 1. The molecule has 1 N–H and O–H groups in total. The zero-order valence-corrected chi connectivity index (χ0v) is 12.0. The molecule has 2 atom stereocenters. The van der Waals surface area contributed by atoms with Crippen LogP contribution in [-0.4, -0.2) is 28.7 Å². The maximum Gasteiger partial charge on any atom is 0.0527 e. The van der Waals surface area contributed by atoms with E-state index < -0.39 is 0 Å². The fourth-order valence-corrected chi connectivity index (χ4v) is 3.06. The lowest BCUT2D eigenvalue weighted by Gasteiger charge is -2.26. The summed E-state index contributed by atoms with van der Waals surface area (Å²) in [5.41, 5.74) is 2.39. The molecule has 1 heterocycles. The van der Waals surface area contributed by atoms with Gasteiger partial charge < -0.3 is 5.11 Å². The van der Waals surface area contributed by atoms with Crippen LogP contribution in [0, 0.1) is 6.92 Å². The van der Waals surface area contributed by atoms with E-state index in [1.165, 1.54) is 24.0 Å². The monoisotopic (exact) mass is 267 g/mol. The van der Waals surface area contributed by atoms with Crippen molar-refractivity contribution in [3.05, 3.63) is 34.3 Å². The van der Waals surface area contributed by atoms with Gasteiger partial charge in [-0.15, -0.1) is 0 Å². The molecule has 2 nitrogen and oxygen atoms in total. The van der Waals surface area contributed by atoms with Crippen LogP contribution in [0.1, 0.15) is 37.3 Å². The molecule has 100 valence electrons. The van der Waals surface area contributed by atoms with Gasteiger partial charge in [0.05, 0.1) is 6.10 Å². The highest BCUT2D eigenvalue weighted by molar-refractivity contribution is 6.31. The van der Waals surface area contributed by atoms with Crippen molar-refractivity contribution in [2.24, 2.45) is 0 Å². The number of rotatable bonds is 4. The number of aryl methyl sites for hydroxylation is 1. The van der Waals surface area contributed by atoms with Crippen molar-refractivity contribution in [3.63, 3.8) is 0 Å². The molecule has 0 radical (unpaired) electrons. The number of aliphatic hydroxyl groups is 1. The molecule has 1 fully saturated rings. The van der Waals surface area contributed by atoms with Crippen molar-refractivity contribution in [3.8, 4) is 0 Å². The number of likely N-dealkylation sites (tertiary alicyclic amines) is 1. The van der Waals surface area contributed by atoms with Crippen molar-refractivity contribution >= 4 is 11.6 Å². The maximum absolute atomic E-state index is 9.53. The van der Waals surface area contributed by atoms with Gasteiger partial charge in [-0.2, -0.15) is 0 Å². The summed E-state index contributed by atoms with van der Waals surface area (Å²) < 4.78 is 0. The van der Waals surface area contributed by atoms with Gasteiger partial charge in [-0.25, -0.2) is 0 Å². The van der Waals surface area contributed by atoms with Crippen molar-refractivity contribution in [1.82, 2.24) is 4.90 Å². The van der Waals surface area contributed by atoms with E-state index in [0.717, 1.165) is 24.5 Å². The van der Waals surface area contributed by atoms with Gasteiger partial charge in [0.2, 0.25) is 0 Å². The average Bonchev–Trinajstić information content (AvgIpc) is 2.69. The van der Waals surface area contributed by atoms with E-state index in [4.69, 9.17) is 11.6 Å². The highest BCUT2D eigenvalue weighted by Crippen LogP contribution is 2.26. The molecule has 1 saturated heterocycles. The van der Waals surface area contributed by atoms with E-state index >= 15 is 0 Å². The first-order valence-electron chi connectivity index (χ1n) is 6.73. The third kappa shape index (κ3) is 3.47. The Kier molecular flexibility index (Phi) is 4.66. The van der Waals surface area contributed by atoms with Crippen molar-refractivity contribution in [2.45, 2.75) is 51.8 Å². The standard InChI is InChI=1S/C15H22ClNO/c1-11-5-6-13(15(16)8-11)10-17-7-3-4-14(17)9-12(2)18/h5-6,8,12,14,18H,3-4,7,9-10H2,1-2H3. The lowest BCUT2D eigenvalue weighted by Crippen LogP contribution is -2.31. The molecule has 2 unspecified atom stereocenters. The Labute approximate surface area is 115 Å². The van der Waals surface area contributed by atoms with Gasteiger partial charge in [0.15, 0.2) is 0 Å². The predicted molar refractivity (Wildman–Crippen MR) is 75.9 cm³/mol. The second kappa shape index (κ2) is 6.05. The molecular formula is C15H22ClNO. The molecule has 0 aromatic heterocycles. The minimum absolute atomic E-state index is 0.218. The fraction of sp³-hybridized carbons (Fsp3) is 0.600. The first-order valence-corrected chi connectivity index (χ1v) is 7.11. The first kappa shape index (κ1) is 13.9. The molecule has 1 aromatic rings. The summed E-state index contributed by atoms with van der Waals surface area (Å²) in [5.74, 6) is 0. The van der Waals surface area contributed by atoms with Gasteiger partial charge in [0, 0.05) is 17.6 Å². The second-order valence-corrected chi connectivity index (χ2v) is 5.85. The van der Waals surface area contributed by atoms with E-state index in [1.54, 1.807) is 0 Å². The molecule has 3 heteroatoms. The summed E-state index contributed by atoms with van der Waals surface area (Å²) >= 11 is 6.29. The van der Waals surface area contributed by atoms with Crippen LogP contribution in [0.5, 0.6) is 0 Å². The highest BCUT2D eigenvalue weighted by Gasteiger charge is 2.25. The first-order chi connectivity index (χ1) is 8.56. The van der Waals surface area contributed by atoms with Crippen LogP contribution < -0.4 is 0 Å². The maximum atomic E-state index is 9.53. The Morgan fingerprint density at radius 3 is 2.94 bits per heavy atom. The summed E-state index contributed by atoms with van der Waals surface area (Å²) in [5, 5.41) is 10.4. The van der Waals surface area contributed by atoms with E-state index in [-0.39, 0.29) is 6.10 Å². The SMILES string of the molecule is Cc1ccc(CN2CCCC2CC(C)O)c(Cl)c1. The predicted octanol–water partition coefficient (Wildman–Crippen LogP) is 3.38. The number of hydrogen-bond acceptors (Lipinski definition) is 2. The largest absolute Gasteiger partial charge is 0.393 e. The van der Waals surface area contributed by atoms with E-state index in [9.17, 15) is 5.11 Å². The zero-order chi connectivity index (χ0) is 13.1. The molecule has 0 bridgehead atoms. The van der Waals surface area contributed by atoms with Crippen molar-refractivity contribution in [1.29, 1.82) is 0 Å². The molecule has 1 aliphatic rings. The van der Waals surface area contributed by atoms with Gasteiger partial charge in [0.1, 0.15) is 0 Å². The Bertz CT molecular complexity index is 405. The van der Waals surface area contributed by atoms with Gasteiger partial charge >= 0.3 is 0 Å². The molecule has 2 rings (SSSR count). The third-order valence-corrected chi connectivity index (χ3v) is 4.05. The molecule has 0 spiro atoms. The number of nitrogens with zero attached hydrogens (tertiary/aromatic N) is 1. The van der Waals surface area contributed by atoms with Crippen LogP contribution in [0.2, 0.25) is 5.02 Å². The van der Waals surface area contributed by atoms with Gasteiger partial charge in [-0.3, -0.25) is 4.90 Å². The zero-order valence-electron chi connectivity index (χ0n) is 11.2. The Morgan fingerprint density at radius 1 is 1.50 bits per heavy atom. The molecule has 1 aromatic carbocycles. The second-order valence-electron chi connectivity index (χ2n) is 5.45. The minimum atomic E-state index is -0.218. The van der Waals surface area contributed by atoms with Crippen LogP contribution in [0.4, 0.5) is 0 Å². The van der Waals surface area contributed by atoms with Gasteiger partial charge in [0.25, 0.3) is 0 Å². The molecular weight excluding hydrogens is 246 g/mol.